The molecule has 1 saturated carbocycles. The number of unbranched alkanes of at least 4 members (excludes halogenated alkanes) is 1. The summed E-state index contributed by atoms with van der Waals surface area (Å²) < 4.78 is 0. The van der Waals surface area contributed by atoms with Gasteiger partial charge in [0.15, 0.2) is 0 Å². The molecule has 1 aliphatic carbocycles. The van der Waals surface area contributed by atoms with Gasteiger partial charge in [-0.2, -0.15) is 0 Å². The Labute approximate surface area is 69.3 Å². The topological polar surface area (TPSA) is 52.0 Å². The molecule has 1 aliphatic rings. The summed E-state index contributed by atoms with van der Waals surface area (Å²) in [6.07, 6.45) is 5.20. The molecule has 2 nitrogen and oxygen atoms in total. The fourth-order valence-electron chi connectivity index (χ4n) is 1.79. The summed E-state index contributed by atoms with van der Waals surface area (Å²) in [5, 5.41) is 0. The second-order valence-electron chi connectivity index (χ2n) is 4.11. The minimum absolute atomic E-state index is 0.418. The average Bonchev–Trinajstić information content (AvgIpc) is 2.60. The van der Waals surface area contributed by atoms with Crippen molar-refractivity contribution in [3.05, 3.63) is 0 Å². The van der Waals surface area contributed by atoms with Gasteiger partial charge < -0.3 is 11.5 Å². The third-order valence-corrected chi connectivity index (χ3v) is 2.65. The first-order chi connectivity index (χ1) is 5.05. The van der Waals surface area contributed by atoms with Crippen molar-refractivity contribution in [3.8, 4) is 0 Å². The van der Waals surface area contributed by atoms with Crippen LogP contribution in [0.3, 0.4) is 0 Å². The maximum atomic E-state index is 5.78. The average molecular weight is 156 g/mol. The Morgan fingerprint density at radius 2 is 2.09 bits per heavy atom. The van der Waals surface area contributed by atoms with Crippen LogP contribution < -0.4 is 11.5 Å². The Hall–Kier alpha value is -0.0800. The first-order valence-electron chi connectivity index (χ1n) is 4.63. The molecular formula is C9H20N2. The lowest BCUT2D eigenvalue weighted by atomic mass is 10.0. The molecule has 1 rings (SSSR count). The third kappa shape index (κ3) is 2.46. The van der Waals surface area contributed by atoms with Crippen LogP contribution in [0.1, 0.15) is 39.5 Å². The monoisotopic (exact) mass is 156 g/mol. The van der Waals surface area contributed by atoms with Gasteiger partial charge in [0.1, 0.15) is 0 Å². The van der Waals surface area contributed by atoms with Gasteiger partial charge in [0, 0.05) is 0 Å². The van der Waals surface area contributed by atoms with E-state index in [4.69, 9.17) is 11.5 Å². The lowest BCUT2D eigenvalue weighted by molar-refractivity contribution is 0.392. The Morgan fingerprint density at radius 3 is 2.45 bits per heavy atom. The molecule has 0 aliphatic heterocycles. The molecule has 0 heterocycles. The van der Waals surface area contributed by atoms with Crippen molar-refractivity contribution in [2.75, 3.05) is 0 Å². The van der Waals surface area contributed by atoms with Crippen molar-refractivity contribution < 1.29 is 0 Å². The second-order valence-corrected chi connectivity index (χ2v) is 4.11. The Morgan fingerprint density at radius 1 is 1.45 bits per heavy atom. The quantitative estimate of drug-likeness (QED) is 0.605. The summed E-state index contributed by atoms with van der Waals surface area (Å²) in [6, 6.07) is 0. The lowest BCUT2D eigenvalue weighted by Gasteiger charge is -2.18. The van der Waals surface area contributed by atoms with Crippen LogP contribution in [0.2, 0.25) is 0 Å². The van der Waals surface area contributed by atoms with Gasteiger partial charge in [-0.1, -0.05) is 26.2 Å². The summed E-state index contributed by atoms with van der Waals surface area (Å²) in [6.45, 7) is 4.16. The van der Waals surface area contributed by atoms with E-state index >= 15 is 0 Å². The summed E-state index contributed by atoms with van der Waals surface area (Å²) in [5.41, 5.74) is 11.1. The zero-order valence-corrected chi connectivity index (χ0v) is 7.64. The zero-order valence-electron chi connectivity index (χ0n) is 7.64. The van der Waals surface area contributed by atoms with Crippen molar-refractivity contribution in [2.24, 2.45) is 23.3 Å². The van der Waals surface area contributed by atoms with E-state index in [1.54, 1.807) is 0 Å². The second kappa shape index (κ2) is 3.11. The molecule has 0 spiro atoms. The molecular weight excluding hydrogens is 136 g/mol. The van der Waals surface area contributed by atoms with Crippen molar-refractivity contribution in [2.45, 2.75) is 45.2 Å². The standard InChI is InChI=1S/C9H20N2/c1-3-4-5-7-6-8(7)9(2,10)11/h7-8H,3-6,10-11H2,1-2H3. The van der Waals surface area contributed by atoms with E-state index in [9.17, 15) is 0 Å². The third-order valence-electron chi connectivity index (χ3n) is 2.65. The van der Waals surface area contributed by atoms with Gasteiger partial charge in [0.2, 0.25) is 0 Å². The van der Waals surface area contributed by atoms with E-state index in [0.717, 1.165) is 5.92 Å². The van der Waals surface area contributed by atoms with Crippen molar-refractivity contribution in [1.82, 2.24) is 0 Å². The van der Waals surface area contributed by atoms with Crippen LogP contribution in [0.25, 0.3) is 0 Å². The predicted octanol–water partition coefficient (Wildman–Crippen LogP) is 1.45. The van der Waals surface area contributed by atoms with Crippen molar-refractivity contribution in [1.29, 1.82) is 0 Å². The zero-order chi connectivity index (χ0) is 8.48. The van der Waals surface area contributed by atoms with Crippen LogP contribution in [-0.2, 0) is 0 Å². The van der Waals surface area contributed by atoms with Gasteiger partial charge >= 0.3 is 0 Å². The molecule has 0 aromatic rings. The van der Waals surface area contributed by atoms with Crippen molar-refractivity contribution in [3.63, 3.8) is 0 Å². The molecule has 0 bridgehead atoms. The number of nitrogens with two attached hydrogens (primary N) is 2. The van der Waals surface area contributed by atoms with Crippen molar-refractivity contribution >= 4 is 0 Å². The van der Waals surface area contributed by atoms with E-state index in [-0.39, 0.29) is 0 Å². The highest BCUT2D eigenvalue weighted by molar-refractivity contribution is 4.97. The van der Waals surface area contributed by atoms with Crippen LogP contribution in [0, 0.1) is 11.8 Å². The molecule has 2 atom stereocenters. The molecule has 0 radical (unpaired) electrons. The molecule has 11 heavy (non-hydrogen) atoms. The molecule has 2 unspecified atom stereocenters. The Balaban J connectivity index is 2.16. The van der Waals surface area contributed by atoms with Crippen LogP contribution in [-0.4, -0.2) is 5.66 Å². The maximum absolute atomic E-state index is 5.78. The van der Waals surface area contributed by atoms with Gasteiger partial charge in [-0.15, -0.1) is 0 Å². The number of hydrogen-bond acceptors (Lipinski definition) is 2. The smallest absolute Gasteiger partial charge is 0.0639 e. The molecule has 66 valence electrons. The number of hydrogen-bond donors (Lipinski definition) is 2. The van der Waals surface area contributed by atoms with Crippen LogP contribution in [0.5, 0.6) is 0 Å². The highest BCUT2D eigenvalue weighted by atomic mass is 15.0. The maximum Gasteiger partial charge on any atom is 0.0639 e. The Kier molecular flexibility index (Phi) is 2.55. The highest BCUT2D eigenvalue weighted by Gasteiger charge is 2.45. The van der Waals surface area contributed by atoms with Gasteiger partial charge in [-0.05, 0) is 25.2 Å². The SMILES string of the molecule is CCCCC1CC1C(C)(N)N. The summed E-state index contributed by atoms with van der Waals surface area (Å²) in [4.78, 5) is 0. The minimum Gasteiger partial charge on any atom is -0.313 e. The van der Waals surface area contributed by atoms with E-state index in [2.05, 4.69) is 6.92 Å². The minimum atomic E-state index is -0.418. The predicted molar refractivity (Wildman–Crippen MR) is 47.9 cm³/mol. The van der Waals surface area contributed by atoms with Crippen LogP contribution >= 0.6 is 0 Å². The molecule has 0 aromatic carbocycles. The fourth-order valence-corrected chi connectivity index (χ4v) is 1.79. The Bertz CT molecular complexity index is 126. The first-order valence-corrected chi connectivity index (χ1v) is 4.63. The van der Waals surface area contributed by atoms with E-state index in [0.29, 0.717) is 5.92 Å². The summed E-state index contributed by atoms with van der Waals surface area (Å²) in [7, 11) is 0. The van der Waals surface area contributed by atoms with E-state index < -0.39 is 5.66 Å². The van der Waals surface area contributed by atoms with E-state index in [1.807, 2.05) is 6.92 Å². The largest absolute Gasteiger partial charge is 0.313 e. The molecule has 4 N–H and O–H groups in total. The van der Waals surface area contributed by atoms with Gasteiger partial charge in [-0.25, -0.2) is 0 Å². The molecule has 0 aromatic heterocycles. The lowest BCUT2D eigenvalue weighted by Crippen LogP contribution is -2.48. The normalized spacial score (nSPS) is 30.5. The highest BCUT2D eigenvalue weighted by Crippen LogP contribution is 2.46. The number of rotatable bonds is 4. The molecule has 2 heteroatoms. The van der Waals surface area contributed by atoms with Gasteiger partial charge in [-0.3, -0.25) is 0 Å². The summed E-state index contributed by atoms with van der Waals surface area (Å²) >= 11 is 0. The van der Waals surface area contributed by atoms with Crippen LogP contribution in [0.4, 0.5) is 0 Å². The molecule has 1 fully saturated rings. The fraction of sp³-hybridized carbons (Fsp3) is 1.00. The van der Waals surface area contributed by atoms with Gasteiger partial charge in [0.05, 0.1) is 5.66 Å². The van der Waals surface area contributed by atoms with Crippen LogP contribution in [0.15, 0.2) is 0 Å². The van der Waals surface area contributed by atoms with Gasteiger partial charge in [0.25, 0.3) is 0 Å². The molecule has 0 amide bonds. The van der Waals surface area contributed by atoms with E-state index in [1.165, 1.54) is 25.7 Å². The summed E-state index contributed by atoms with van der Waals surface area (Å²) in [5.74, 6) is 1.42. The first kappa shape index (κ1) is 9.01. The molecule has 0 saturated heterocycles.